The standard InChI is InChI=1S/C14H25BrO3/c1-5-16-13(10-15)17-11-8-6-7-9-12(11)18-14(2,3)4/h9,11,13H,5-8,10H2,1-4H3. The predicted molar refractivity (Wildman–Crippen MR) is 76.9 cm³/mol. The van der Waals surface area contributed by atoms with Crippen LogP contribution in [0.15, 0.2) is 11.8 Å². The summed E-state index contributed by atoms with van der Waals surface area (Å²) in [5, 5.41) is 0.681. The number of hydrogen-bond donors (Lipinski definition) is 0. The highest BCUT2D eigenvalue weighted by atomic mass is 79.9. The molecule has 1 aliphatic carbocycles. The molecule has 4 heteroatoms. The van der Waals surface area contributed by atoms with Crippen molar-refractivity contribution in [2.24, 2.45) is 0 Å². The van der Waals surface area contributed by atoms with E-state index in [4.69, 9.17) is 14.2 Å². The summed E-state index contributed by atoms with van der Waals surface area (Å²) in [5.74, 6) is 0.958. The number of alkyl halides is 1. The maximum atomic E-state index is 5.98. The fourth-order valence-electron chi connectivity index (χ4n) is 1.91. The van der Waals surface area contributed by atoms with Gasteiger partial charge in [0.1, 0.15) is 17.5 Å². The summed E-state index contributed by atoms with van der Waals surface area (Å²) >= 11 is 3.41. The third-order valence-corrected chi connectivity index (χ3v) is 3.08. The van der Waals surface area contributed by atoms with Gasteiger partial charge < -0.3 is 14.2 Å². The van der Waals surface area contributed by atoms with E-state index in [0.29, 0.717) is 11.9 Å². The molecule has 0 aromatic heterocycles. The lowest BCUT2D eigenvalue weighted by Gasteiger charge is -2.32. The first kappa shape index (κ1) is 16.0. The summed E-state index contributed by atoms with van der Waals surface area (Å²) in [6.07, 6.45) is 5.17. The molecular formula is C14H25BrO3. The Hall–Kier alpha value is -0.0600. The summed E-state index contributed by atoms with van der Waals surface area (Å²) in [7, 11) is 0. The van der Waals surface area contributed by atoms with Gasteiger partial charge in [0, 0.05) is 6.61 Å². The molecule has 1 aliphatic rings. The molecule has 0 saturated heterocycles. The largest absolute Gasteiger partial charge is 0.490 e. The minimum Gasteiger partial charge on any atom is -0.490 e. The van der Waals surface area contributed by atoms with Crippen molar-refractivity contribution in [3.05, 3.63) is 11.8 Å². The minimum absolute atomic E-state index is 0.0204. The SMILES string of the molecule is CCOC(CBr)OC1CCCC=C1OC(C)(C)C. The molecule has 0 aromatic carbocycles. The van der Waals surface area contributed by atoms with E-state index in [1.54, 1.807) is 0 Å². The van der Waals surface area contributed by atoms with Crippen molar-refractivity contribution < 1.29 is 14.2 Å². The summed E-state index contributed by atoms with van der Waals surface area (Å²) < 4.78 is 17.5. The number of hydrogen-bond acceptors (Lipinski definition) is 3. The monoisotopic (exact) mass is 320 g/mol. The highest BCUT2D eigenvalue weighted by Gasteiger charge is 2.26. The van der Waals surface area contributed by atoms with Crippen molar-refractivity contribution in [3.63, 3.8) is 0 Å². The lowest BCUT2D eigenvalue weighted by molar-refractivity contribution is -0.161. The third kappa shape index (κ3) is 5.72. The maximum absolute atomic E-state index is 5.98. The van der Waals surface area contributed by atoms with E-state index >= 15 is 0 Å². The second-order valence-electron chi connectivity index (χ2n) is 5.42. The van der Waals surface area contributed by atoms with Crippen LogP contribution < -0.4 is 0 Å². The van der Waals surface area contributed by atoms with Gasteiger partial charge in [0.15, 0.2) is 6.29 Å². The van der Waals surface area contributed by atoms with Gasteiger partial charge in [-0.25, -0.2) is 0 Å². The van der Waals surface area contributed by atoms with Crippen molar-refractivity contribution in [1.82, 2.24) is 0 Å². The molecule has 0 aliphatic heterocycles. The van der Waals surface area contributed by atoms with E-state index in [1.807, 2.05) is 6.92 Å². The number of ether oxygens (including phenoxy) is 3. The van der Waals surface area contributed by atoms with Gasteiger partial charge in [-0.2, -0.15) is 0 Å². The number of allylic oxidation sites excluding steroid dienone is 1. The second kappa shape index (κ2) is 7.51. The predicted octanol–water partition coefficient (Wildman–Crippen LogP) is 4.01. The zero-order valence-electron chi connectivity index (χ0n) is 11.9. The van der Waals surface area contributed by atoms with E-state index in [0.717, 1.165) is 25.0 Å². The molecule has 2 atom stereocenters. The number of rotatable bonds is 6. The third-order valence-electron chi connectivity index (χ3n) is 2.55. The average molecular weight is 321 g/mol. The molecule has 106 valence electrons. The molecule has 0 radical (unpaired) electrons. The van der Waals surface area contributed by atoms with Crippen LogP contribution in [0.2, 0.25) is 0 Å². The first-order valence-corrected chi connectivity index (χ1v) is 7.80. The van der Waals surface area contributed by atoms with Crippen molar-refractivity contribution in [2.75, 3.05) is 11.9 Å². The first-order valence-electron chi connectivity index (χ1n) is 6.68. The fourth-order valence-corrected chi connectivity index (χ4v) is 2.25. The molecule has 1 rings (SSSR count). The highest BCUT2D eigenvalue weighted by Crippen LogP contribution is 2.27. The Labute approximate surface area is 119 Å². The van der Waals surface area contributed by atoms with Gasteiger partial charge in [-0.05, 0) is 53.0 Å². The van der Waals surface area contributed by atoms with Crippen LogP contribution in [0.5, 0.6) is 0 Å². The van der Waals surface area contributed by atoms with Gasteiger partial charge in [-0.1, -0.05) is 15.9 Å². The summed E-state index contributed by atoms with van der Waals surface area (Å²) in [6.45, 7) is 8.81. The average Bonchev–Trinajstić information content (AvgIpc) is 2.29. The van der Waals surface area contributed by atoms with Crippen molar-refractivity contribution in [1.29, 1.82) is 0 Å². The van der Waals surface area contributed by atoms with Gasteiger partial charge in [0.2, 0.25) is 0 Å². The topological polar surface area (TPSA) is 27.7 Å². The molecular weight excluding hydrogens is 296 g/mol. The van der Waals surface area contributed by atoms with Crippen LogP contribution in [0.3, 0.4) is 0 Å². The normalized spacial score (nSPS) is 22.5. The highest BCUT2D eigenvalue weighted by molar-refractivity contribution is 9.09. The van der Waals surface area contributed by atoms with E-state index in [1.165, 1.54) is 0 Å². The van der Waals surface area contributed by atoms with E-state index in [-0.39, 0.29) is 18.0 Å². The van der Waals surface area contributed by atoms with Crippen LogP contribution in [-0.4, -0.2) is 29.9 Å². The molecule has 0 spiro atoms. The molecule has 0 fully saturated rings. The van der Waals surface area contributed by atoms with Crippen LogP contribution in [0.25, 0.3) is 0 Å². The lowest BCUT2D eigenvalue weighted by atomic mass is 10.0. The first-order chi connectivity index (χ1) is 8.46. The Morgan fingerprint density at radius 3 is 2.72 bits per heavy atom. The quantitative estimate of drug-likeness (QED) is 0.546. The van der Waals surface area contributed by atoms with Gasteiger partial charge in [0.25, 0.3) is 0 Å². The van der Waals surface area contributed by atoms with E-state index < -0.39 is 0 Å². The van der Waals surface area contributed by atoms with Crippen LogP contribution in [0.4, 0.5) is 0 Å². The van der Waals surface area contributed by atoms with Crippen molar-refractivity contribution in [2.45, 2.75) is 65.0 Å². The summed E-state index contributed by atoms with van der Waals surface area (Å²) in [6, 6.07) is 0. The molecule has 2 unspecified atom stereocenters. The fraction of sp³-hybridized carbons (Fsp3) is 0.857. The zero-order valence-corrected chi connectivity index (χ0v) is 13.5. The Kier molecular flexibility index (Phi) is 6.67. The summed E-state index contributed by atoms with van der Waals surface area (Å²) in [4.78, 5) is 0. The maximum Gasteiger partial charge on any atom is 0.168 e. The zero-order chi connectivity index (χ0) is 13.6. The van der Waals surface area contributed by atoms with Crippen LogP contribution in [0.1, 0.15) is 47.0 Å². The Morgan fingerprint density at radius 2 is 2.17 bits per heavy atom. The van der Waals surface area contributed by atoms with E-state index in [9.17, 15) is 0 Å². The van der Waals surface area contributed by atoms with Gasteiger partial charge in [0.05, 0.1) is 5.33 Å². The van der Waals surface area contributed by atoms with Gasteiger partial charge in [-0.15, -0.1) is 0 Å². The molecule has 3 nitrogen and oxygen atoms in total. The molecule has 0 heterocycles. The van der Waals surface area contributed by atoms with Crippen LogP contribution in [0, 0.1) is 0 Å². The molecule has 0 N–H and O–H groups in total. The molecule has 18 heavy (non-hydrogen) atoms. The molecule has 0 aromatic rings. The van der Waals surface area contributed by atoms with Crippen molar-refractivity contribution in [3.8, 4) is 0 Å². The minimum atomic E-state index is -0.204. The summed E-state index contributed by atoms with van der Waals surface area (Å²) in [5.41, 5.74) is -0.180. The molecule has 0 amide bonds. The van der Waals surface area contributed by atoms with Crippen LogP contribution in [-0.2, 0) is 14.2 Å². The lowest BCUT2D eigenvalue weighted by Crippen LogP contribution is -2.32. The van der Waals surface area contributed by atoms with Crippen molar-refractivity contribution >= 4 is 15.9 Å². The molecule has 0 saturated carbocycles. The van der Waals surface area contributed by atoms with E-state index in [2.05, 4.69) is 42.8 Å². The van der Waals surface area contributed by atoms with Crippen LogP contribution >= 0.6 is 15.9 Å². The van der Waals surface area contributed by atoms with Gasteiger partial charge >= 0.3 is 0 Å². The number of halogens is 1. The Balaban J connectivity index is 2.61. The smallest absolute Gasteiger partial charge is 0.168 e. The molecule has 0 bridgehead atoms. The Morgan fingerprint density at radius 1 is 1.44 bits per heavy atom. The second-order valence-corrected chi connectivity index (χ2v) is 6.06. The van der Waals surface area contributed by atoms with Gasteiger partial charge in [-0.3, -0.25) is 0 Å². The Bertz CT molecular complexity index is 271.